The van der Waals surface area contributed by atoms with Gasteiger partial charge in [-0.3, -0.25) is 4.90 Å². The third kappa shape index (κ3) is 6.22. The third-order valence-electron chi connectivity index (χ3n) is 5.50. The molecule has 1 aromatic carbocycles. The molecule has 27 heavy (non-hydrogen) atoms. The van der Waals surface area contributed by atoms with Gasteiger partial charge in [-0.1, -0.05) is 58.9 Å². The molecule has 150 valence electrons. The van der Waals surface area contributed by atoms with Crippen LogP contribution in [0, 0.1) is 5.92 Å². The van der Waals surface area contributed by atoms with Crippen molar-refractivity contribution in [2.75, 3.05) is 6.54 Å². The topological polar surface area (TPSA) is 28.4 Å². The molecule has 1 aromatic heterocycles. The summed E-state index contributed by atoms with van der Waals surface area (Å²) >= 11 is 0. The Labute approximate surface area is 166 Å². The fourth-order valence-electron chi connectivity index (χ4n) is 3.40. The Morgan fingerprint density at radius 2 is 1.63 bits per heavy atom. The van der Waals surface area contributed by atoms with Crippen LogP contribution in [-0.4, -0.2) is 33.3 Å². The van der Waals surface area contributed by atoms with Gasteiger partial charge in [-0.15, -0.1) is 0 Å². The molecule has 0 radical (unpaired) electrons. The molecule has 0 aliphatic rings. The van der Waals surface area contributed by atoms with Crippen molar-refractivity contribution in [2.45, 2.75) is 79.1 Å². The molecule has 1 N–H and O–H groups in total. The van der Waals surface area contributed by atoms with Crippen molar-refractivity contribution in [2.24, 2.45) is 5.92 Å². The van der Waals surface area contributed by atoms with E-state index in [1.807, 2.05) is 6.92 Å². The standard InChI is InChI=1S/C24H38N2O/c1-18(2)20(4)26(15-19(3)27)17-23-9-8-14-25(23)16-21-10-12-22(13-11-21)24(5,6)7/h8-14,18-20,27H,15-17H2,1-7H3. The second kappa shape index (κ2) is 9.07. The second-order valence-electron chi connectivity index (χ2n) is 9.34. The Hall–Kier alpha value is -1.58. The Morgan fingerprint density at radius 1 is 1.00 bits per heavy atom. The molecule has 2 rings (SSSR count). The van der Waals surface area contributed by atoms with Crippen LogP contribution in [0.4, 0.5) is 0 Å². The van der Waals surface area contributed by atoms with E-state index >= 15 is 0 Å². The van der Waals surface area contributed by atoms with Crippen LogP contribution in [0.2, 0.25) is 0 Å². The summed E-state index contributed by atoms with van der Waals surface area (Å²) in [6.45, 7) is 17.8. The summed E-state index contributed by atoms with van der Waals surface area (Å²) in [5.41, 5.74) is 4.17. The Balaban J connectivity index is 2.14. The van der Waals surface area contributed by atoms with Crippen molar-refractivity contribution < 1.29 is 5.11 Å². The molecule has 0 aliphatic carbocycles. The number of aromatic nitrogens is 1. The molecule has 0 fully saturated rings. The zero-order valence-corrected chi connectivity index (χ0v) is 18.2. The molecule has 0 aliphatic heterocycles. The Kier molecular flexibility index (Phi) is 7.30. The van der Waals surface area contributed by atoms with E-state index in [-0.39, 0.29) is 11.5 Å². The summed E-state index contributed by atoms with van der Waals surface area (Å²) in [5, 5.41) is 9.93. The van der Waals surface area contributed by atoms with Gasteiger partial charge in [0.25, 0.3) is 0 Å². The Bertz CT molecular complexity index is 692. The third-order valence-corrected chi connectivity index (χ3v) is 5.50. The van der Waals surface area contributed by atoms with E-state index < -0.39 is 0 Å². The fourth-order valence-corrected chi connectivity index (χ4v) is 3.40. The van der Waals surface area contributed by atoms with Crippen molar-refractivity contribution in [1.82, 2.24) is 9.47 Å². The van der Waals surface area contributed by atoms with Crippen LogP contribution in [0.5, 0.6) is 0 Å². The first kappa shape index (κ1) is 21.7. The molecule has 0 amide bonds. The first-order chi connectivity index (χ1) is 12.6. The van der Waals surface area contributed by atoms with E-state index in [1.54, 1.807) is 0 Å². The average Bonchev–Trinajstić information content (AvgIpc) is 2.99. The molecule has 0 saturated carbocycles. The van der Waals surface area contributed by atoms with Gasteiger partial charge < -0.3 is 9.67 Å². The minimum atomic E-state index is -0.320. The molecular weight excluding hydrogens is 332 g/mol. The highest BCUT2D eigenvalue weighted by Crippen LogP contribution is 2.23. The number of aliphatic hydroxyl groups is 1. The predicted molar refractivity (Wildman–Crippen MR) is 115 cm³/mol. The smallest absolute Gasteiger partial charge is 0.0639 e. The lowest BCUT2D eigenvalue weighted by atomic mass is 9.87. The minimum Gasteiger partial charge on any atom is -0.392 e. The molecule has 0 bridgehead atoms. The SMILES string of the molecule is CC(O)CN(Cc1cccn1Cc1ccc(C(C)(C)C)cc1)C(C)C(C)C. The molecule has 3 heteroatoms. The summed E-state index contributed by atoms with van der Waals surface area (Å²) in [4.78, 5) is 2.39. The largest absolute Gasteiger partial charge is 0.392 e. The van der Waals surface area contributed by atoms with Crippen LogP contribution in [-0.2, 0) is 18.5 Å². The number of benzene rings is 1. The van der Waals surface area contributed by atoms with Gasteiger partial charge in [-0.2, -0.15) is 0 Å². The summed E-state index contributed by atoms with van der Waals surface area (Å²) in [5.74, 6) is 0.553. The van der Waals surface area contributed by atoms with Crippen LogP contribution in [0.1, 0.15) is 65.3 Å². The van der Waals surface area contributed by atoms with Crippen LogP contribution in [0.25, 0.3) is 0 Å². The van der Waals surface area contributed by atoms with Crippen LogP contribution >= 0.6 is 0 Å². The lowest BCUT2D eigenvalue weighted by Crippen LogP contribution is -2.40. The summed E-state index contributed by atoms with van der Waals surface area (Å²) in [6.07, 6.45) is 1.84. The first-order valence-electron chi connectivity index (χ1n) is 10.2. The quantitative estimate of drug-likeness (QED) is 0.703. The van der Waals surface area contributed by atoms with Gasteiger partial charge in [0.1, 0.15) is 0 Å². The van der Waals surface area contributed by atoms with Gasteiger partial charge >= 0.3 is 0 Å². The maximum absolute atomic E-state index is 9.93. The van der Waals surface area contributed by atoms with Gasteiger partial charge in [0.05, 0.1) is 6.10 Å². The average molecular weight is 371 g/mol. The number of rotatable bonds is 8. The highest BCUT2D eigenvalue weighted by Gasteiger charge is 2.20. The van der Waals surface area contributed by atoms with Gasteiger partial charge in [0.2, 0.25) is 0 Å². The zero-order chi connectivity index (χ0) is 20.2. The number of aliphatic hydroxyl groups excluding tert-OH is 1. The summed E-state index contributed by atoms with van der Waals surface area (Å²) in [7, 11) is 0. The summed E-state index contributed by atoms with van der Waals surface area (Å²) < 4.78 is 2.33. The molecule has 3 nitrogen and oxygen atoms in total. The van der Waals surface area contributed by atoms with Gasteiger partial charge in [0, 0.05) is 37.6 Å². The van der Waals surface area contributed by atoms with E-state index in [0.717, 1.165) is 13.1 Å². The zero-order valence-electron chi connectivity index (χ0n) is 18.2. The van der Waals surface area contributed by atoms with Crippen molar-refractivity contribution in [3.8, 4) is 0 Å². The molecule has 2 aromatic rings. The van der Waals surface area contributed by atoms with E-state index in [4.69, 9.17) is 0 Å². The van der Waals surface area contributed by atoms with Gasteiger partial charge in [-0.25, -0.2) is 0 Å². The number of hydrogen-bond acceptors (Lipinski definition) is 2. The molecule has 2 unspecified atom stereocenters. The van der Waals surface area contributed by atoms with E-state index in [0.29, 0.717) is 18.5 Å². The van der Waals surface area contributed by atoms with Crippen LogP contribution in [0.3, 0.4) is 0 Å². The molecule has 1 heterocycles. The molecule has 0 saturated heterocycles. The van der Waals surface area contributed by atoms with Gasteiger partial charge in [-0.05, 0) is 48.4 Å². The van der Waals surface area contributed by atoms with E-state index in [9.17, 15) is 5.11 Å². The maximum Gasteiger partial charge on any atom is 0.0639 e. The lowest BCUT2D eigenvalue weighted by molar-refractivity contribution is 0.0799. The van der Waals surface area contributed by atoms with Gasteiger partial charge in [0.15, 0.2) is 0 Å². The second-order valence-corrected chi connectivity index (χ2v) is 9.34. The van der Waals surface area contributed by atoms with E-state index in [2.05, 4.69) is 93.6 Å². The fraction of sp³-hybridized carbons (Fsp3) is 0.583. The summed E-state index contributed by atoms with van der Waals surface area (Å²) in [6, 6.07) is 13.7. The maximum atomic E-state index is 9.93. The Morgan fingerprint density at radius 3 is 2.15 bits per heavy atom. The van der Waals surface area contributed by atoms with Crippen LogP contribution < -0.4 is 0 Å². The lowest BCUT2D eigenvalue weighted by Gasteiger charge is -2.33. The number of hydrogen-bond donors (Lipinski definition) is 1. The van der Waals surface area contributed by atoms with Crippen molar-refractivity contribution >= 4 is 0 Å². The predicted octanol–water partition coefficient (Wildman–Crippen LogP) is 5.06. The van der Waals surface area contributed by atoms with Crippen molar-refractivity contribution in [3.05, 3.63) is 59.4 Å². The number of nitrogens with zero attached hydrogens (tertiary/aromatic N) is 2. The van der Waals surface area contributed by atoms with Crippen molar-refractivity contribution in [1.29, 1.82) is 0 Å². The highest BCUT2D eigenvalue weighted by atomic mass is 16.3. The van der Waals surface area contributed by atoms with Crippen molar-refractivity contribution in [3.63, 3.8) is 0 Å². The molecule has 2 atom stereocenters. The van der Waals surface area contributed by atoms with Crippen LogP contribution in [0.15, 0.2) is 42.6 Å². The first-order valence-corrected chi connectivity index (χ1v) is 10.2. The highest BCUT2D eigenvalue weighted by molar-refractivity contribution is 5.28. The van der Waals surface area contributed by atoms with E-state index in [1.165, 1.54) is 16.8 Å². The normalized spacial score (nSPS) is 14.7. The monoisotopic (exact) mass is 370 g/mol. The molecular formula is C24H38N2O. The minimum absolute atomic E-state index is 0.186. The molecule has 0 spiro atoms.